The van der Waals surface area contributed by atoms with Gasteiger partial charge in [0.2, 0.25) is 0 Å². The van der Waals surface area contributed by atoms with E-state index >= 15 is 0 Å². The van der Waals surface area contributed by atoms with Crippen molar-refractivity contribution in [3.8, 4) is 34.2 Å². The van der Waals surface area contributed by atoms with Crippen molar-refractivity contribution >= 4 is 64.7 Å². The van der Waals surface area contributed by atoms with E-state index in [1.54, 1.807) is 11.3 Å². The number of hydrogen-bond acceptors (Lipinski definition) is 4. The number of halogens is 1. The van der Waals surface area contributed by atoms with Crippen LogP contribution in [0.1, 0.15) is 0 Å². The van der Waals surface area contributed by atoms with Gasteiger partial charge in [-0.2, -0.15) is 0 Å². The van der Waals surface area contributed by atoms with E-state index in [0.29, 0.717) is 17.5 Å². The summed E-state index contributed by atoms with van der Waals surface area (Å²) in [5.41, 5.74) is 2.92. The average Bonchev–Trinajstić information content (AvgIpc) is 3.36. The minimum atomic E-state index is 0.650. The molecule has 0 bridgehead atoms. The first kappa shape index (κ1) is 23.3. The van der Waals surface area contributed by atoms with Gasteiger partial charge in [-0.25, -0.2) is 15.0 Å². The van der Waals surface area contributed by atoms with Crippen LogP contribution in [0, 0.1) is 0 Å². The lowest BCUT2D eigenvalue weighted by molar-refractivity contribution is 1.08. The zero-order valence-electron chi connectivity index (χ0n) is 21.2. The summed E-state index contributed by atoms with van der Waals surface area (Å²) in [5.74, 6) is 1.96. The second kappa shape index (κ2) is 9.23. The Morgan fingerprint density at radius 3 is 2.02 bits per heavy atom. The summed E-state index contributed by atoms with van der Waals surface area (Å²) >= 11 is 8.15. The van der Waals surface area contributed by atoms with Crippen molar-refractivity contribution in [2.24, 2.45) is 0 Å². The molecule has 0 aliphatic carbocycles. The summed E-state index contributed by atoms with van der Waals surface area (Å²) in [6.45, 7) is 0. The van der Waals surface area contributed by atoms with Crippen LogP contribution >= 0.6 is 22.9 Å². The molecule has 0 fully saturated rings. The van der Waals surface area contributed by atoms with Crippen LogP contribution in [-0.2, 0) is 0 Å². The highest BCUT2D eigenvalue weighted by molar-refractivity contribution is 7.26. The van der Waals surface area contributed by atoms with Gasteiger partial charge in [-0.05, 0) is 45.8 Å². The van der Waals surface area contributed by atoms with Crippen LogP contribution in [0.5, 0.6) is 0 Å². The Bertz CT molecular complexity index is 2240. The van der Waals surface area contributed by atoms with Crippen molar-refractivity contribution in [1.82, 2.24) is 15.0 Å². The molecule has 0 N–H and O–H groups in total. The third-order valence-corrected chi connectivity index (χ3v) is 8.68. The summed E-state index contributed by atoms with van der Waals surface area (Å²) in [7, 11) is 0. The molecule has 0 amide bonds. The molecule has 40 heavy (non-hydrogen) atoms. The molecule has 188 valence electrons. The monoisotopic (exact) mass is 549 g/mol. The molecule has 0 saturated heterocycles. The lowest BCUT2D eigenvalue weighted by Crippen LogP contribution is -2.01. The summed E-state index contributed by atoms with van der Waals surface area (Å²) in [6.07, 6.45) is 0. The van der Waals surface area contributed by atoms with Crippen LogP contribution < -0.4 is 0 Å². The normalized spacial score (nSPS) is 11.6. The van der Waals surface area contributed by atoms with Crippen molar-refractivity contribution in [2.45, 2.75) is 0 Å². The van der Waals surface area contributed by atoms with Crippen LogP contribution in [0.4, 0.5) is 0 Å². The van der Waals surface area contributed by atoms with Gasteiger partial charge in [0.25, 0.3) is 0 Å². The topological polar surface area (TPSA) is 38.7 Å². The maximum atomic E-state index is 6.40. The van der Waals surface area contributed by atoms with Gasteiger partial charge < -0.3 is 0 Å². The third-order valence-electron chi connectivity index (χ3n) is 7.34. The van der Waals surface area contributed by atoms with Crippen LogP contribution in [0.15, 0.2) is 121 Å². The summed E-state index contributed by atoms with van der Waals surface area (Å²) in [4.78, 5) is 15.3. The van der Waals surface area contributed by atoms with Gasteiger partial charge in [-0.3, -0.25) is 0 Å². The number of benzene rings is 6. The highest BCUT2D eigenvalue weighted by Crippen LogP contribution is 2.44. The van der Waals surface area contributed by atoms with Crippen LogP contribution in [-0.4, -0.2) is 15.0 Å². The minimum Gasteiger partial charge on any atom is -0.208 e. The molecule has 0 aliphatic rings. The molecule has 3 nitrogen and oxygen atoms in total. The maximum Gasteiger partial charge on any atom is 0.165 e. The number of aromatic nitrogens is 3. The molecule has 8 aromatic rings. The molecule has 0 spiro atoms. The molecule has 2 heterocycles. The first-order valence-electron chi connectivity index (χ1n) is 13.1. The number of thiophene rings is 1. The second-order valence-corrected chi connectivity index (χ2v) is 11.3. The Morgan fingerprint density at radius 2 is 1.18 bits per heavy atom. The van der Waals surface area contributed by atoms with Crippen LogP contribution in [0.25, 0.3) is 75.9 Å². The average molecular weight is 550 g/mol. The number of hydrogen-bond donors (Lipinski definition) is 0. The molecule has 0 unspecified atom stereocenters. The van der Waals surface area contributed by atoms with Crippen molar-refractivity contribution in [2.75, 3.05) is 0 Å². The highest BCUT2D eigenvalue weighted by Gasteiger charge is 2.20. The van der Waals surface area contributed by atoms with Gasteiger partial charge >= 0.3 is 0 Å². The maximum absolute atomic E-state index is 6.40. The lowest BCUT2D eigenvalue weighted by atomic mass is 9.98. The van der Waals surface area contributed by atoms with E-state index in [1.807, 2.05) is 42.5 Å². The fourth-order valence-corrected chi connectivity index (χ4v) is 6.91. The van der Waals surface area contributed by atoms with Gasteiger partial charge in [-0.15, -0.1) is 11.3 Å². The Balaban J connectivity index is 1.48. The molecule has 6 aromatic carbocycles. The van der Waals surface area contributed by atoms with Gasteiger partial charge in [0.05, 0.1) is 0 Å². The van der Waals surface area contributed by atoms with Crippen molar-refractivity contribution in [1.29, 1.82) is 0 Å². The fourth-order valence-electron chi connectivity index (χ4n) is 5.47. The SMILES string of the molecule is Clc1ccc2c(c1)sc1cc3ccccc3c(-c3nc(-c4ccccc4)nc(-c4ccc5ccccc5c4)n3)c12. The molecule has 0 saturated carbocycles. The van der Waals surface area contributed by atoms with E-state index in [9.17, 15) is 0 Å². The van der Waals surface area contributed by atoms with E-state index in [0.717, 1.165) is 53.3 Å². The van der Waals surface area contributed by atoms with Crippen LogP contribution in [0.3, 0.4) is 0 Å². The van der Waals surface area contributed by atoms with Crippen molar-refractivity contribution < 1.29 is 0 Å². The number of nitrogens with zero attached hydrogens (tertiary/aromatic N) is 3. The zero-order chi connectivity index (χ0) is 26.6. The minimum absolute atomic E-state index is 0.650. The largest absolute Gasteiger partial charge is 0.208 e. The fraction of sp³-hybridized carbons (Fsp3) is 0. The standard InChI is InChI=1S/C35H20ClN3S/c36-26-16-17-28-29(20-26)40-30-19-24-12-6-7-13-27(24)32(31(28)30)35-38-33(22-9-2-1-3-10-22)37-34(39-35)25-15-14-21-8-4-5-11-23(21)18-25/h1-20H. The second-order valence-electron chi connectivity index (χ2n) is 9.82. The van der Waals surface area contributed by atoms with Gasteiger partial charge in [0, 0.05) is 41.9 Å². The number of fused-ring (bicyclic) bond motifs is 5. The van der Waals surface area contributed by atoms with Gasteiger partial charge in [0.15, 0.2) is 17.5 Å². The molecule has 5 heteroatoms. The van der Waals surface area contributed by atoms with Crippen LogP contribution in [0.2, 0.25) is 5.02 Å². The smallest absolute Gasteiger partial charge is 0.165 e. The molecule has 2 aromatic heterocycles. The predicted octanol–water partition coefficient (Wildman–Crippen LogP) is 10.2. The van der Waals surface area contributed by atoms with E-state index < -0.39 is 0 Å². The Morgan fingerprint density at radius 1 is 0.475 bits per heavy atom. The molecular formula is C35H20ClN3S. The zero-order valence-corrected chi connectivity index (χ0v) is 22.7. The molecule has 0 atom stereocenters. The molecule has 8 rings (SSSR count). The predicted molar refractivity (Wildman–Crippen MR) is 169 cm³/mol. The summed E-state index contributed by atoms with van der Waals surface area (Å²) < 4.78 is 2.33. The summed E-state index contributed by atoms with van der Waals surface area (Å²) in [6, 6.07) is 41.7. The third kappa shape index (κ3) is 3.84. The van der Waals surface area contributed by atoms with E-state index in [1.165, 1.54) is 10.1 Å². The van der Waals surface area contributed by atoms with Gasteiger partial charge in [-0.1, -0.05) is 109 Å². The molecule has 0 radical (unpaired) electrons. The Hall–Kier alpha value is -4.64. The first-order chi connectivity index (χ1) is 19.7. The van der Waals surface area contributed by atoms with Crippen molar-refractivity contribution in [3.63, 3.8) is 0 Å². The Labute approximate surface area is 239 Å². The van der Waals surface area contributed by atoms with E-state index in [4.69, 9.17) is 26.6 Å². The number of rotatable bonds is 3. The van der Waals surface area contributed by atoms with E-state index in [2.05, 4.69) is 78.9 Å². The molecular weight excluding hydrogens is 530 g/mol. The summed E-state index contributed by atoms with van der Waals surface area (Å²) in [5, 5.41) is 7.62. The van der Waals surface area contributed by atoms with Crippen molar-refractivity contribution in [3.05, 3.63) is 126 Å². The highest BCUT2D eigenvalue weighted by atomic mass is 35.5. The van der Waals surface area contributed by atoms with E-state index in [-0.39, 0.29) is 0 Å². The Kier molecular flexibility index (Phi) is 5.37. The molecule has 0 aliphatic heterocycles. The quantitative estimate of drug-likeness (QED) is 0.220. The first-order valence-corrected chi connectivity index (χ1v) is 14.3. The van der Waals surface area contributed by atoms with Gasteiger partial charge in [0.1, 0.15) is 0 Å². The lowest BCUT2D eigenvalue weighted by Gasteiger charge is -2.12.